The van der Waals surface area contributed by atoms with E-state index < -0.39 is 35.5 Å². The first-order chi connectivity index (χ1) is 21.4. The van der Waals surface area contributed by atoms with Crippen LogP contribution >= 0.6 is 0 Å². The first-order valence-corrected chi connectivity index (χ1v) is 22.7. The zero-order chi connectivity index (χ0) is 35.7. The molecule has 0 spiro atoms. The first kappa shape index (κ1) is 52.0. The molecule has 0 saturated heterocycles. The number of hydrogen-bond donors (Lipinski definition) is 3. The lowest BCUT2D eigenvalue weighted by Crippen LogP contribution is -2.46. The molecule has 0 aromatic heterocycles. The summed E-state index contributed by atoms with van der Waals surface area (Å²) in [5, 5.41) is 3.21. The minimum absolute atomic E-state index is 0.636. The van der Waals surface area contributed by atoms with Gasteiger partial charge in [0.2, 0.25) is 0 Å². The molecular formula is C25H69N3O13Si4. The molecule has 0 rings (SSSR count). The smallest absolute Gasteiger partial charge is 0.377 e. The highest BCUT2D eigenvalue weighted by Gasteiger charge is 2.41. The molecule has 0 aromatic carbocycles. The van der Waals surface area contributed by atoms with Crippen LogP contribution in [0.2, 0.25) is 18.6 Å². The molecule has 0 bridgehead atoms. The monoisotopic (exact) mass is 731 g/mol. The van der Waals surface area contributed by atoms with Crippen LogP contribution in [0.25, 0.3) is 0 Å². The van der Waals surface area contributed by atoms with Crippen LogP contribution in [0.4, 0.5) is 0 Å². The maximum Gasteiger partial charge on any atom is 0.678 e. The summed E-state index contributed by atoms with van der Waals surface area (Å²) in [4.78, 5) is 0. The molecule has 0 radical (unpaired) electrons. The molecule has 45 heavy (non-hydrogen) atoms. The fourth-order valence-electron chi connectivity index (χ4n) is 3.28. The normalized spacial score (nSPS) is 12.0. The van der Waals surface area contributed by atoms with Crippen molar-refractivity contribution in [1.29, 1.82) is 0 Å². The van der Waals surface area contributed by atoms with Gasteiger partial charge in [0.25, 0.3) is 0 Å². The van der Waals surface area contributed by atoms with Crippen LogP contribution < -0.4 is 16.8 Å². The van der Waals surface area contributed by atoms with E-state index in [1.54, 1.807) is 42.7 Å². The van der Waals surface area contributed by atoms with Crippen molar-refractivity contribution >= 4 is 35.5 Å². The van der Waals surface area contributed by atoms with Crippen LogP contribution in [0.1, 0.15) is 33.6 Å². The van der Waals surface area contributed by atoms with E-state index in [0.717, 1.165) is 38.0 Å². The van der Waals surface area contributed by atoms with E-state index in [0.29, 0.717) is 32.9 Å². The summed E-state index contributed by atoms with van der Waals surface area (Å²) in [6.07, 6.45) is 1.87. The fraction of sp³-hybridized carbons (Fsp3) is 1.00. The van der Waals surface area contributed by atoms with E-state index in [1.165, 1.54) is 28.4 Å². The molecule has 0 aliphatic heterocycles. The summed E-state index contributed by atoms with van der Waals surface area (Å²) >= 11 is 0. The van der Waals surface area contributed by atoms with Gasteiger partial charge in [-0.15, -0.1) is 0 Å². The molecule has 0 saturated carbocycles. The van der Waals surface area contributed by atoms with E-state index in [1.807, 2.05) is 27.3 Å². The summed E-state index contributed by atoms with van der Waals surface area (Å²) in [5.41, 5.74) is 10.8. The minimum Gasteiger partial charge on any atom is -0.377 e. The van der Waals surface area contributed by atoms with Crippen molar-refractivity contribution in [2.45, 2.75) is 52.2 Å². The Hall–Kier alpha value is 0.228. The largest absolute Gasteiger partial charge is 0.678 e. The number of rotatable bonds is 25. The van der Waals surface area contributed by atoms with Crippen molar-refractivity contribution in [3.8, 4) is 0 Å². The third kappa shape index (κ3) is 25.9. The second-order valence-corrected chi connectivity index (χ2v) is 20.0. The van der Waals surface area contributed by atoms with Crippen LogP contribution in [0.15, 0.2) is 0 Å². The summed E-state index contributed by atoms with van der Waals surface area (Å²) < 4.78 is 67.0. The van der Waals surface area contributed by atoms with E-state index >= 15 is 0 Å². The van der Waals surface area contributed by atoms with Crippen LogP contribution in [0, 0.1) is 0 Å². The highest BCUT2D eigenvalue weighted by atomic mass is 28.4. The Morgan fingerprint density at radius 2 is 0.844 bits per heavy atom. The molecule has 0 atom stereocenters. The van der Waals surface area contributed by atoms with Crippen molar-refractivity contribution in [2.75, 3.05) is 117 Å². The molecule has 5 N–H and O–H groups in total. The topological polar surface area (TPSA) is 184 Å². The average Bonchev–Trinajstić information content (AvgIpc) is 3.08. The molecule has 0 heterocycles. The lowest BCUT2D eigenvalue weighted by Gasteiger charge is -2.28. The van der Waals surface area contributed by atoms with Crippen molar-refractivity contribution in [3.05, 3.63) is 0 Å². The van der Waals surface area contributed by atoms with E-state index in [2.05, 4.69) is 5.32 Å². The number of nitrogens with one attached hydrogen (secondary N) is 1. The van der Waals surface area contributed by atoms with Gasteiger partial charge in [-0.3, -0.25) is 0 Å². The Kier molecular flexibility index (Phi) is 39.4. The maximum atomic E-state index is 5.65. The molecule has 0 unspecified atom stereocenters. The summed E-state index contributed by atoms with van der Waals surface area (Å²) in [7, 11) is 5.99. The number of hydrogen-bond acceptors (Lipinski definition) is 16. The highest BCUT2D eigenvalue weighted by Crippen LogP contribution is 2.17. The van der Waals surface area contributed by atoms with Gasteiger partial charge in [0.15, 0.2) is 0 Å². The summed E-state index contributed by atoms with van der Waals surface area (Å²) in [6, 6.07) is 1.65. The Labute approximate surface area is 278 Å². The van der Waals surface area contributed by atoms with Crippen LogP contribution in [0.5, 0.6) is 0 Å². The van der Waals surface area contributed by atoms with Crippen LogP contribution in [-0.4, -0.2) is 153 Å². The highest BCUT2D eigenvalue weighted by molar-refractivity contribution is 6.61. The SMILES string of the molecule is CCO[Si](CCCN)(OCC)OCC.CO[Si](C)(OC)OC.CO[Si](CCCNCCN)(OC)OC.CO[Si](OC)(OC)OC. The molecule has 0 aliphatic rings. The third-order valence-corrected chi connectivity index (χ3v) is 16.2. The first-order valence-electron chi connectivity index (χ1n) is 15.0. The van der Waals surface area contributed by atoms with Gasteiger partial charge < -0.3 is 74.3 Å². The van der Waals surface area contributed by atoms with Gasteiger partial charge in [-0.2, -0.15) is 0 Å². The Morgan fingerprint density at radius 1 is 0.467 bits per heavy atom. The number of nitrogens with two attached hydrogens (primary N) is 2. The van der Waals surface area contributed by atoms with E-state index in [9.17, 15) is 0 Å². The van der Waals surface area contributed by atoms with Crippen molar-refractivity contribution < 1.29 is 57.5 Å². The van der Waals surface area contributed by atoms with Crippen molar-refractivity contribution in [2.24, 2.45) is 11.5 Å². The Bertz CT molecular complexity index is 549. The predicted molar refractivity (Wildman–Crippen MR) is 184 cm³/mol. The Morgan fingerprint density at radius 3 is 1.07 bits per heavy atom. The molecule has 0 amide bonds. The van der Waals surface area contributed by atoms with Crippen molar-refractivity contribution in [1.82, 2.24) is 5.32 Å². The third-order valence-electron chi connectivity index (χ3n) is 5.98. The van der Waals surface area contributed by atoms with Gasteiger partial charge >= 0.3 is 35.5 Å². The van der Waals surface area contributed by atoms with Gasteiger partial charge in [0, 0.05) is 123 Å². The molecule has 278 valence electrons. The van der Waals surface area contributed by atoms with E-state index in [4.69, 9.17) is 69.0 Å². The lowest BCUT2D eigenvalue weighted by molar-refractivity contribution is 0.0225. The molecule has 16 nitrogen and oxygen atoms in total. The lowest BCUT2D eigenvalue weighted by atomic mass is 10.5. The summed E-state index contributed by atoms with van der Waals surface area (Å²) in [5.74, 6) is 0. The minimum atomic E-state index is -2.69. The molecule has 20 heteroatoms. The second-order valence-electron chi connectivity index (χ2n) is 8.60. The van der Waals surface area contributed by atoms with Gasteiger partial charge in [-0.05, 0) is 46.7 Å². The maximum absolute atomic E-state index is 5.65. The van der Waals surface area contributed by atoms with E-state index in [-0.39, 0.29) is 0 Å². The zero-order valence-electron chi connectivity index (χ0n) is 30.7. The van der Waals surface area contributed by atoms with Crippen LogP contribution in [-0.2, 0) is 57.5 Å². The van der Waals surface area contributed by atoms with Crippen molar-refractivity contribution in [3.63, 3.8) is 0 Å². The zero-order valence-corrected chi connectivity index (χ0v) is 34.7. The summed E-state index contributed by atoms with van der Waals surface area (Å²) in [6.45, 7) is 12.7. The standard InChI is InChI=1S/C9H23NO3Si.C8H22N2O3Si.C4H12O4Si.C4H12O3Si/c1-4-11-14(12-5-2,13-6-3)9-7-8-10;1-11-14(12-2,13-3)8-4-6-10-7-5-9;1-5-9(6-2,7-3)8-4;1-5-8(4,6-2)7-3/h4-10H2,1-3H3;10H,4-9H2,1-3H3;1-4H3;1-4H3. The van der Waals surface area contributed by atoms with Gasteiger partial charge in [-0.25, -0.2) is 0 Å². The second kappa shape index (κ2) is 34.1. The van der Waals surface area contributed by atoms with Gasteiger partial charge in [-0.1, -0.05) is 0 Å². The molecule has 0 aliphatic carbocycles. The van der Waals surface area contributed by atoms with Gasteiger partial charge in [0.05, 0.1) is 0 Å². The molecule has 0 aromatic rings. The van der Waals surface area contributed by atoms with Gasteiger partial charge in [0.1, 0.15) is 0 Å². The molecule has 0 fully saturated rings. The molecular weight excluding hydrogens is 663 g/mol. The quantitative estimate of drug-likeness (QED) is 0.0910. The average molecular weight is 732 g/mol. The Balaban J connectivity index is -0.000000256. The van der Waals surface area contributed by atoms with Crippen LogP contribution in [0.3, 0.4) is 0 Å². The fourth-order valence-corrected chi connectivity index (χ4v) is 9.14. The predicted octanol–water partition coefficient (Wildman–Crippen LogP) is 1.69.